The van der Waals surface area contributed by atoms with E-state index in [0.717, 1.165) is 12.3 Å². The van der Waals surface area contributed by atoms with Gasteiger partial charge in [0.2, 0.25) is 0 Å². The quantitative estimate of drug-likeness (QED) is 0.748. The Morgan fingerprint density at radius 2 is 1.90 bits per heavy atom. The maximum Gasteiger partial charge on any atom is 0.417 e. The molecule has 1 amide bonds. The molecule has 1 atom stereocenters. The number of alkyl halides is 3. The number of nitrogens with zero attached hydrogens (tertiary/aromatic N) is 4. The fourth-order valence-electron chi connectivity index (χ4n) is 3.37. The van der Waals surface area contributed by atoms with Crippen LogP contribution in [0, 0.1) is 0 Å². The zero-order chi connectivity index (χ0) is 22.4. The number of carbonyl (C=O) groups is 1. The van der Waals surface area contributed by atoms with E-state index in [-0.39, 0.29) is 17.7 Å². The van der Waals surface area contributed by atoms with Crippen molar-refractivity contribution in [2.45, 2.75) is 25.6 Å². The van der Waals surface area contributed by atoms with Crippen molar-refractivity contribution in [3.63, 3.8) is 0 Å². The van der Waals surface area contributed by atoms with Crippen LogP contribution in [-0.4, -0.2) is 47.2 Å². The van der Waals surface area contributed by atoms with Gasteiger partial charge in [-0.3, -0.25) is 4.79 Å². The largest absolute Gasteiger partial charge is 0.417 e. The molecule has 1 saturated heterocycles. The first-order valence-corrected chi connectivity index (χ1v) is 9.91. The van der Waals surface area contributed by atoms with E-state index in [1.54, 1.807) is 17.0 Å². The lowest BCUT2D eigenvalue weighted by Gasteiger charge is -2.26. The van der Waals surface area contributed by atoms with Gasteiger partial charge in [-0.2, -0.15) is 13.2 Å². The maximum atomic E-state index is 13.2. The summed E-state index contributed by atoms with van der Waals surface area (Å²) in [6.07, 6.45) is -0.196. The van der Waals surface area contributed by atoms with Crippen molar-refractivity contribution in [3.8, 4) is 0 Å². The third kappa shape index (κ3) is 5.62. The molecular weight excluding hydrogens is 407 g/mol. The van der Waals surface area contributed by atoms with Gasteiger partial charge in [-0.15, -0.1) is 0 Å². The Balaban J connectivity index is 1.76. The first-order chi connectivity index (χ1) is 14.8. The van der Waals surface area contributed by atoms with Gasteiger partial charge in [0.15, 0.2) is 0 Å². The van der Waals surface area contributed by atoms with Crippen LogP contribution in [0.15, 0.2) is 65.9 Å². The first-order valence-electron chi connectivity index (χ1n) is 9.91. The summed E-state index contributed by atoms with van der Waals surface area (Å²) >= 11 is 0. The van der Waals surface area contributed by atoms with Crippen molar-refractivity contribution in [1.82, 2.24) is 9.88 Å². The number of para-hydroxylation sites is 1. The number of hydrogen-bond acceptors (Lipinski definition) is 5. The normalized spacial score (nSPS) is 18.3. The zero-order valence-corrected chi connectivity index (χ0v) is 17.1. The number of carbonyl (C=O) groups excluding carboxylic acids is 1. The summed E-state index contributed by atoms with van der Waals surface area (Å²) < 4.78 is 38.4. The number of pyridine rings is 1. The van der Waals surface area contributed by atoms with Crippen molar-refractivity contribution >= 4 is 23.1 Å². The molecule has 0 spiro atoms. The summed E-state index contributed by atoms with van der Waals surface area (Å²) in [5, 5.41) is 0. The van der Waals surface area contributed by atoms with Gasteiger partial charge < -0.3 is 15.5 Å². The molecule has 1 aliphatic heterocycles. The Labute approximate surface area is 178 Å². The Bertz CT molecular complexity index is 942. The number of hydrogen-bond donors (Lipinski definition) is 1. The third-order valence-electron chi connectivity index (χ3n) is 5.10. The summed E-state index contributed by atoms with van der Waals surface area (Å²) in [6, 6.07) is 11.4. The van der Waals surface area contributed by atoms with E-state index in [4.69, 9.17) is 5.73 Å². The van der Waals surface area contributed by atoms with Crippen LogP contribution in [0.25, 0.3) is 0 Å². The maximum absolute atomic E-state index is 13.2. The molecule has 2 aromatic rings. The molecule has 2 heterocycles. The Kier molecular flexibility index (Phi) is 6.94. The molecule has 0 bridgehead atoms. The van der Waals surface area contributed by atoms with Gasteiger partial charge >= 0.3 is 6.18 Å². The van der Waals surface area contributed by atoms with Crippen LogP contribution < -0.4 is 10.6 Å². The highest BCUT2D eigenvalue weighted by molar-refractivity contribution is 6.43. The predicted molar refractivity (Wildman–Crippen MR) is 114 cm³/mol. The van der Waals surface area contributed by atoms with Gasteiger partial charge in [0, 0.05) is 31.9 Å². The Hall–Kier alpha value is -3.36. The van der Waals surface area contributed by atoms with Gasteiger partial charge in [0.1, 0.15) is 11.5 Å². The van der Waals surface area contributed by atoms with Crippen LogP contribution in [0.4, 0.5) is 24.7 Å². The molecule has 0 aliphatic carbocycles. The standard InChI is InChI=1S/C22H24F3N5O/c1-16-10-12-29(20-8-7-17(15-27-20)22(23,24)25)13-14-30(16)21(31)19(9-11-26)28-18-5-3-2-4-6-18/h2-9,11,15-16H,10,12-14,26H2,1H3/b11-9-,28-19?. The van der Waals surface area contributed by atoms with Crippen molar-refractivity contribution in [2.24, 2.45) is 10.7 Å². The highest BCUT2D eigenvalue weighted by atomic mass is 19.4. The molecule has 1 aromatic heterocycles. The SMILES string of the molecule is CC1CCN(c2ccc(C(F)(F)F)cn2)CCN1C(=O)C(/C=C\N)=Nc1ccccc1. The average molecular weight is 431 g/mol. The van der Waals surface area contributed by atoms with E-state index in [2.05, 4.69) is 9.98 Å². The number of halogens is 3. The average Bonchev–Trinajstić information content (AvgIpc) is 2.95. The molecule has 3 rings (SSSR count). The zero-order valence-electron chi connectivity index (χ0n) is 17.1. The van der Waals surface area contributed by atoms with E-state index in [1.165, 1.54) is 18.3 Å². The number of amides is 1. The van der Waals surface area contributed by atoms with Gasteiger partial charge in [-0.25, -0.2) is 9.98 Å². The number of anilines is 1. The first kappa shape index (κ1) is 22.3. The van der Waals surface area contributed by atoms with Crippen molar-refractivity contribution in [2.75, 3.05) is 24.5 Å². The smallest absolute Gasteiger partial charge is 0.405 e. The minimum atomic E-state index is -4.42. The molecule has 1 aromatic carbocycles. The lowest BCUT2D eigenvalue weighted by Crippen LogP contribution is -2.43. The lowest BCUT2D eigenvalue weighted by molar-refractivity contribution is -0.137. The minimum Gasteiger partial charge on any atom is -0.405 e. The number of aromatic nitrogens is 1. The highest BCUT2D eigenvalue weighted by Gasteiger charge is 2.31. The van der Waals surface area contributed by atoms with E-state index in [0.29, 0.717) is 37.6 Å². The van der Waals surface area contributed by atoms with Crippen molar-refractivity contribution in [1.29, 1.82) is 0 Å². The van der Waals surface area contributed by atoms with Gasteiger partial charge in [-0.05, 0) is 49.9 Å². The van der Waals surface area contributed by atoms with Crippen LogP contribution in [0.5, 0.6) is 0 Å². The fraction of sp³-hybridized carbons (Fsp3) is 0.318. The molecule has 164 valence electrons. The summed E-state index contributed by atoms with van der Waals surface area (Å²) in [7, 11) is 0. The minimum absolute atomic E-state index is 0.0842. The number of aliphatic imine (C=N–C) groups is 1. The molecule has 1 aliphatic rings. The topological polar surface area (TPSA) is 74.8 Å². The van der Waals surface area contributed by atoms with Crippen LogP contribution in [0.2, 0.25) is 0 Å². The molecule has 0 radical (unpaired) electrons. The molecule has 2 N–H and O–H groups in total. The molecule has 9 heteroatoms. The number of benzene rings is 1. The second kappa shape index (κ2) is 9.63. The lowest BCUT2D eigenvalue weighted by atomic mass is 10.2. The summed E-state index contributed by atoms with van der Waals surface area (Å²) in [5.74, 6) is 0.204. The van der Waals surface area contributed by atoms with Crippen LogP contribution >= 0.6 is 0 Å². The summed E-state index contributed by atoms with van der Waals surface area (Å²) in [4.78, 5) is 25.2. The van der Waals surface area contributed by atoms with Gasteiger partial charge in [-0.1, -0.05) is 18.2 Å². The molecule has 6 nitrogen and oxygen atoms in total. The molecular formula is C22H24F3N5O. The Morgan fingerprint density at radius 3 is 2.52 bits per heavy atom. The van der Waals surface area contributed by atoms with E-state index in [9.17, 15) is 18.0 Å². The van der Waals surface area contributed by atoms with Gasteiger partial charge in [0.05, 0.1) is 11.3 Å². The molecule has 31 heavy (non-hydrogen) atoms. The fourth-order valence-corrected chi connectivity index (χ4v) is 3.37. The predicted octanol–water partition coefficient (Wildman–Crippen LogP) is 3.77. The second-order valence-electron chi connectivity index (χ2n) is 7.22. The van der Waals surface area contributed by atoms with Crippen molar-refractivity contribution in [3.05, 3.63) is 66.5 Å². The van der Waals surface area contributed by atoms with Crippen LogP contribution in [0.1, 0.15) is 18.9 Å². The monoisotopic (exact) mass is 431 g/mol. The van der Waals surface area contributed by atoms with E-state index in [1.807, 2.05) is 30.0 Å². The Morgan fingerprint density at radius 1 is 1.16 bits per heavy atom. The van der Waals surface area contributed by atoms with Crippen LogP contribution in [0.3, 0.4) is 0 Å². The van der Waals surface area contributed by atoms with E-state index < -0.39 is 11.7 Å². The van der Waals surface area contributed by atoms with Crippen LogP contribution in [-0.2, 0) is 11.0 Å². The number of rotatable bonds is 4. The summed E-state index contributed by atoms with van der Waals surface area (Å²) in [5.41, 5.74) is 5.61. The van der Waals surface area contributed by atoms with Gasteiger partial charge in [0.25, 0.3) is 5.91 Å². The van der Waals surface area contributed by atoms with E-state index >= 15 is 0 Å². The highest BCUT2D eigenvalue weighted by Crippen LogP contribution is 2.29. The van der Waals surface area contributed by atoms with Crippen molar-refractivity contribution < 1.29 is 18.0 Å². The number of nitrogens with two attached hydrogens (primary N) is 1. The third-order valence-corrected chi connectivity index (χ3v) is 5.10. The molecule has 1 unspecified atom stereocenters. The summed E-state index contributed by atoms with van der Waals surface area (Å²) in [6.45, 7) is 3.34. The second-order valence-corrected chi connectivity index (χ2v) is 7.22. The molecule has 1 fully saturated rings. The molecule has 0 saturated carbocycles.